The summed E-state index contributed by atoms with van der Waals surface area (Å²) in [5.41, 5.74) is 2.52. The Balaban J connectivity index is 1.85. The first-order valence-electron chi connectivity index (χ1n) is 5.84. The van der Waals surface area contributed by atoms with Crippen molar-refractivity contribution in [2.24, 2.45) is 7.05 Å². The van der Waals surface area contributed by atoms with Gasteiger partial charge in [-0.1, -0.05) is 0 Å². The molecule has 2 aromatic heterocycles. The molecule has 0 saturated heterocycles. The lowest BCUT2D eigenvalue weighted by molar-refractivity contribution is 0.0946. The van der Waals surface area contributed by atoms with E-state index < -0.39 is 0 Å². The summed E-state index contributed by atoms with van der Waals surface area (Å²) < 4.78 is 3.49. The Hall–Kier alpha value is -2.11. The summed E-state index contributed by atoms with van der Waals surface area (Å²) in [6, 6.07) is 1.77. The van der Waals surface area contributed by atoms with Gasteiger partial charge in [-0.05, 0) is 25.5 Å². The number of carbonyl (C=O) groups is 1. The van der Waals surface area contributed by atoms with E-state index in [1.165, 1.54) is 0 Å². The molecule has 18 heavy (non-hydrogen) atoms. The third-order valence-corrected chi connectivity index (χ3v) is 2.74. The van der Waals surface area contributed by atoms with Crippen molar-refractivity contribution in [2.75, 3.05) is 6.54 Å². The number of carbonyl (C=O) groups excluding carboxylic acids is 1. The maximum atomic E-state index is 11.8. The molecule has 1 amide bonds. The highest BCUT2D eigenvalue weighted by Gasteiger charge is 2.09. The van der Waals surface area contributed by atoms with Crippen molar-refractivity contribution in [3.63, 3.8) is 0 Å². The van der Waals surface area contributed by atoms with E-state index >= 15 is 0 Å². The van der Waals surface area contributed by atoms with Gasteiger partial charge in [-0.15, -0.1) is 0 Å². The Morgan fingerprint density at radius 1 is 1.44 bits per heavy atom. The second kappa shape index (κ2) is 5.03. The molecular weight excluding hydrogens is 230 g/mol. The highest BCUT2D eigenvalue weighted by Crippen LogP contribution is 2.00. The van der Waals surface area contributed by atoms with Crippen LogP contribution in [-0.4, -0.2) is 32.0 Å². The fraction of sp³-hybridized carbons (Fsp3) is 0.417. The predicted octanol–water partition coefficient (Wildman–Crippen LogP) is 0.663. The van der Waals surface area contributed by atoms with E-state index in [1.807, 2.05) is 27.1 Å². The summed E-state index contributed by atoms with van der Waals surface area (Å²) in [6.45, 7) is 5.09. The zero-order valence-corrected chi connectivity index (χ0v) is 10.8. The molecule has 0 bridgehead atoms. The average molecular weight is 247 g/mol. The summed E-state index contributed by atoms with van der Waals surface area (Å²) in [6.07, 6.45) is 3.74. The molecule has 0 radical (unpaired) electrons. The maximum Gasteiger partial charge on any atom is 0.271 e. The maximum absolute atomic E-state index is 11.8. The summed E-state index contributed by atoms with van der Waals surface area (Å²) in [5.74, 6) is -0.150. The summed E-state index contributed by atoms with van der Waals surface area (Å²) in [5, 5.41) is 11.1. The normalized spacial score (nSPS) is 10.6. The third kappa shape index (κ3) is 2.77. The van der Waals surface area contributed by atoms with Crippen molar-refractivity contribution < 1.29 is 4.79 Å². The molecule has 0 aliphatic rings. The second-order valence-electron chi connectivity index (χ2n) is 4.33. The van der Waals surface area contributed by atoms with E-state index in [1.54, 1.807) is 21.6 Å². The molecule has 0 saturated carbocycles. The van der Waals surface area contributed by atoms with E-state index in [9.17, 15) is 4.79 Å². The van der Waals surface area contributed by atoms with E-state index in [0.29, 0.717) is 18.8 Å². The Morgan fingerprint density at radius 2 is 2.22 bits per heavy atom. The molecule has 0 atom stereocenters. The van der Waals surface area contributed by atoms with Crippen LogP contribution in [0.15, 0.2) is 18.5 Å². The van der Waals surface area contributed by atoms with Crippen LogP contribution >= 0.6 is 0 Å². The lowest BCUT2D eigenvalue weighted by Crippen LogP contribution is -2.27. The quantitative estimate of drug-likeness (QED) is 0.863. The standard InChI is InChI=1S/C12H17N5O/c1-9-7-14-17(8-9)5-4-13-12(18)11-6-10(2)16(3)15-11/h6-8H,4-5H2,1-3H3,(H,13,18). The predicted molar refractivity (Wildman–Crippen MR) is 67.2 cm³/mol. The smallest absolute Gasteiger partial charge is 0.271 e. The number of hydrogen-bond acceptors (Lipinski definition) is 3. The van der Waals surface area contributed by atoms with E-state index in [0.717, 1.165) is 11.3 Å². The minimum Gasteiger partial charge on any atom is -0.349 e. The number of amides is 1. The SMILES string of the molecule is Cc1cnn(CCNC(=O)c2cc(C)n(C)n2)c1. The Kier molecular flexibility index (Phi) is 3.45. The molecule has 96 valence electrons. The topological polar surface area (TPSA) is 64.7 Å². The lowest BCUT2D eigenvalue weighted by atomic mass is 10.3. The van der Waals surface area contributed by atoms with Crippen LogP contribution in [-0.2, 0) is 13.6 Å². The minimum atomic E-state index is -0.150. The Bertz CT molecular complexity index is 535. The van der Waals surface area contributed by atoms with Crippen LogP contribution in [0.25, 0.3) is 0 Å². The third-order valence-electron chi connectivity index (χ3n) is 2.74. The molecule has 0 unspecified atom stereocenters. The molecular formula is C12H17N5O. The number of rotatable bonds is 4. The number of nitrogens with zero attached hydrogens (tertiary/aromatic N) is 4. The van der Waals surface area contributed by atoms with Crippen molar-refractivity contribution >= 4 is 5.91 Å². The molecule has 6 nitrogen and oxygen atoms in total. The first-order chi connectivity index (χ1) is 8.56. The van der Waals surface area contributed by atoms with Crippen LogP contribution < -0.4 is 5.32 Å². The molecule has 2 aromatic rings. The van der Waals surface area contributed by atoms with Crippen LogP contribution in [0, 0.1) is 13.8 Å². The first-order valence-corrected chi connectivity index (χ1v) is 5.84. The number of nitrogens with one attached hydrogen (secondary N) is 1. The van der Waals surface area contributed by atoms with Gasteiger partial charge in [0.25, 0.3) is 5.91 Å². The van der Waals surface area contributed by atoms with Crippen LogP contribution in [0.5, 0.6) is 0 Å². The molecule has 0 spiro atoms. The van der Waals surface area contributed by atoms with Gasteiger partial charge in [0.05, 0.1) is 12.7 Å². The zero-order chi connectivity index (χ0) is 13.1. The first kappa shape index (κ1) is 12.3. The molecule has 0 aliphatic heterocycles. The number of aryl methyl sites for hydroxylation is 3. The monoisotopic (exact) mass is 247 g/mol. The van der Waals surface area contributed by atoms with Gasteiger partial charge in [-0.25, -0.2) is 0 Å². The van der Waals surface area contributed by atoms with Crippen LogP contribution in [0.2, 0.25) is 0 Å². The molecule has 6 heteroatoms. The summed E-state index contributed by atoms with van der Waals surface area (Å²) in [7, 11) is 1.82. The largest absolute Gasteiger partial charge is 0.349 e. The fourth-order valence-electron chi connectivity index (χ4n) is 1.64. The van der Waals surface area contributed by atoms with E-state index in [-0.39, 0.29) is 5.91 Å². The highest BCUT2D eigenvalue weighted by atomic mass is 16.1. The van der Waals surface area contributed by atoms with Crippen molar-refractivity contribution in [2.45, 2.75) is 20.4 Å². The lowest BCUT2D eigenvalue weighted by Gasteiger charge is -2.03. The van der Waals surface area contributed by atoms with Crippen molar-refractivity contribution in [1.82, 2.24) is 24.9 Å². The average Bonchev–Trinajstić information content (AvgIpc) is 2.87. The molecule has 0 aliphatic carbocycles. The fourth-order valence-corrected chi connectivity index (χ4v) is 1.64. The van der Waals surface area contributed by atoms with Crippen LogP contribution in [0.3, 0.4) is 0 Å². The Morgan fingerprint density at radius 3 is 2.78 bits per heavy atom. The molecule has 0 aromatic carbocycles. The molecule has 2 heterocycles. The van der Waals surface area contributed by atoms with Gasteiger partial charge < -0.3 is 5.32 Å². The van der Waals surface area contributed by atoms with Gasteiger partial charge in [-0.2, -0.15) is 10.2 Å². The highest BCUT2D eigenvalue weighted by molar-refractivity contribution is 5.92. The number of aromatic nitrogens is 4. The van der Waals surface area contributed by atoms with Gasteiger partial charge >= 0.3 is 0 Å². The van der Waals surface area contributed by atoms with Gasteiger partial charge in [0.15, 0.2) is 0 Å². The van der Waals surface area contributed by atoms with E-state index in [2.05, 4.69) is 15.5 Å². The Labute approximate surface area is 106 Å². The second-order valence-corrected chi connectivity index (χ2v) is 4.33. The van der Waals surface area contributed by atoms with Crippen molar-refractivity contribution in [1.29, 1.82) is 0 Å². The van der Waals surface area contributed by atoms with Gasteiger partial charge in [0, 0.05) is 25.5 Å². The van der Waals surface area contributed by atoms with E-state index in [4.69, 9.17) is 0 Å². The van der Waals surface area contributed by atoms with Gasteiger partial charge in [0.1, 0.15) is 5.69 Å². The minimum absolute atomic E-state index is 0.150. The molecule has 0 fully saturated rings. The van der Waals surface area contributed by atoms with Gasteiger partial charge in [0.2, 0.25) is 0 Å². The molecule has 1 N–H and O–H groups in total. The van der Waals surface area contributed by atoms with Crippen LogP contribution in [0.4, 0.5) is 0 Å². The summed E-state index contributed by atoms with van der Waals surface area (Å²) >= 11 is 0. The van der Waals surface area contributed by atoms with Crippen molar-refractivity contribution in [3.8, 4) is 0 Å². The van der Waals surface area contributed by atoms with Crippen molar-refractivity contribution in [3.05, 3.63) is 35.4 Å². The number of hydrogen-bond donors (Lipinski definition) is 1. The van der Waals surface area contributed by atoms with Crippen LogP contribution in [0.1, 0.15) is 21.7 Å². The summed E-state index contributed by atoms with van der Waals surface area (Å²) in [4.78, 5) is 11.8. The van der Waals surface area contributed by atoms with Gasteiger partial charge in [-0.3, -0.25) is 14.2 Å². The molecule has 2 rings (SSSR count). The zero-order valence-electron chi connectivity index (χ0n) is 10.8.